The van der Waals surface area contributed by atoms with E-state index in [9.17, 15) is 13.9 Å². The highest BCUT2D eigenvalue weighted by Gasteiger charge is 2.19. The number of hydrogen-bond donors (Lipinski definition) is 1. The van der Waals surface area contributed by atoms with Crippen LogP contribution in [-0.2, 0) is 0 Å². The first-order chi connectivity index (χ1) is 9.06. The van der Waals surface area contributed by atoms with Gasteiger partial charge in [0.05, 0.1) is 0 Å². The van der Waals surface area contributed by atoms with Gasteiger partial charge in [-0.05, 0) is 42.1 Å². The fourth-order valence-electron chi connectivity index (χ4n) is 1.94. The van der Waals surface area contributed by atoms with E-state index >= 15 is 0 Å². The van der Waals surface area contributed by atoms with Crippen LogP contribution in [-0.4, -0.2) is 5.11 Å². The Labute approximate surface area is 116 Å². The summed E-state index contributed by atoms with van der Waals surface area (Å²) < 4.78 is 29.4. The average Bonchev–Trinajstić information content (AvgIpc) is 2.93. The number of hydrogen-bond acceptors (Lipinski definition) is 3. The lowest BCUT2D eigenvalue weighted by molar-refractivity contribution is 0.218. The number of fused-ring (bicyclic) bond motifs is 1. The number of aliphatic hydroxyl groups excluding tert-OH is 1. The zero-order valence-corrected chi connectivity index (χ0v) is 11.6. The van der Waals surface area contributed by atoms with E-state index in [1.165, 1.54) is 18.3 Å². The van der Waals surface area contributed by atoms with Crippen LogP contribution in [0, 0.1) is 18.6 Å². The van der Waals surface area contributed by atoms with Gasteiger partial charge in [0, 0.05) is 19.8 Å². The molecule has 0 fully saturated rings. The Bertz CT molecular complexity index is 717. The minimum absolute atomic E-state index is 0.0167. The number of halogens is 2. The first-order valence-corrected chi connectivity index (χ1v) is 7.36. The lowest BCUT2D eigenvalue weighted by atomic mass is 10.0. The molecule has 5 heteroatoms. The van der Waals surface area contributed by atoms with Gasteiger partial charge in [0.1, 0.15) is 17.7 Å². The standard InChI is InChI=1S/C14H10F2OS2/c1-7-4-10(16)8(5-9(7)15)14(17)13-6-12-11(19-13)2-3-18-12/h2-6,14,17H,1H3. The molecule has 0 radical (unpaired) electrons. The predicted octanol–water partition coefficient (Wildman–Crippen LogP) is 4.63. The van der Waals surface area contributed by atoms with E-state index in [4.69, 9.17) is 0 Å². The maximum Gasteiger partial charge on any atom is 0.129 e. The van der Waals surface area contributed by atoms with Crippen LogP contribution < -0.4 is 0 Å². The fraction of sp³-hybridized carbons (Fsp3) is 0.143. The minimum atomic E-state index is -1.13. The summed E-state index contributed by atoms with van der Waals surface area (Å²) in [5.74, 6) is -1.09. The van der Waals surface area contributed by atoms with Gasteiger partial charge in [0.15, 0.2) is 0 Å². The summed E-state index contributed by atoms with van der Waals surface area (Å²) in [7, 11) is 0. The molecule has 3 rings (SSSR count). The molecule has 1 unspecified atom stereocenters. The molecule has 0 bridgehead atoms. The van der Waals surface area contributed by atoms with E-state index in [2.05, 4.69) is 0 Å². The average molecular weight is 296 g/mol. The van der Waals surface area contributed by atoms with Gasteiger partial charge in [-0.1, -0.05) is 0 Å². The van der Waals surface area contributed by atoms with Crippen LogP contribution in [0.3, 0.4) is 0 Å². The van der Waals surface area contributed by atoms with Crippen molar-refractivity contribution < 1.29 is 13.9 Å². The Hall–Kier alpha value is -1.30. The van der Waals surface area contributed by atoms with E-state index in [0.29, 0.717) is 4.88 Å². The Morgan fingerprint density at radius 2 is 1.89 bits per heavy atom. The molecule has 98 valence electrons. The van der Waals surface area contributed by atoms with Gasteiger partial charge in [-0.3, -0.25) is 0 Å². The number of thiophene rings is 2. The number of rotatable bonds is 2. The third-order valence-corrected chi connectivity index (χ3v) is 5.15. The number of aliphatic hydroxyl groups is 1. The molecule has 0 aliphatic rings. The van der Waals surface area contributed by atoms with E-state index in [1.807, 2.05) is 17.5 Å². The first kappa shape index (κ1) is 12.7. The third-order valence-electron chi connectivity index (χ3n) is 3.00. The van der Waals surface area contributed by atoms with Gasteiger partial charge >= 0.3 is 0 Å². The van der Waals surface area contributed by atoms with Crippen molar-refractivity contribution in [3.05, 3.63) is 57.3 Å². The molecular weight excluding hydrogens is 286 g/mol. The van der Waals surface area contributed by atoms with Crippen LogP contribution in [0.15, 0.2) is 29.6 Å². The highest BCUT2D eigenvalue weighted by atomic mass is 32.1. The molecule has 0 aliphatic carbocycles. The Morgan fingerprint density at radius 3 is 2.63 bits per heavy atom. The summed E-state index contributed by atoms with van der Waals surface area (Å²) in [5.41, 5.74) is 0.220. The monoisotopic (exact) mass is 296 g/mol. The molecule has 0 saturated carbocycles. The van der Waals surface area contributed by atoms with Crippen LogP contribution in [0.25, 0.3) is 9.40 Å². The van der Waals surface area contributed by atoms with Crippen molar-refractivity contribution in [1.29, 1.82) is 0 Å². The Kier molecular flexibility index (Phi) is 3.12. The molecule has 19 heavy (non-hydrogen) atoms. The lowest BCUT2D eigenvalue weighted by Gasteiger charge is -2.11. The largest absolute Gasteiger partial charge is 0.383 e. The zero-order valence-electron chi connectivity index (χ0n) is 9.98. The van der Waals surface area contributed by atoms with Crippen molar-refractivity contribution >= 4 is 32.1 Å². The molecule has 0 aliphatic heterocycles. The van der Waals surface area contributed by atoms with Crippen molar-refractivity contribution in [2.75, 3.05) is 0 Å². The fourth-order valence-corrected chi connectivity index (χ4v) is 4.07. The summed E-state index contributed by atoms with van der Waals surface area (Å²) >= 11 is 2.96. The SMILES string of the molecule is Cc1cc(F)c(C(O)c2cc3sccc3s2)cc1F. The molecule has 1 atom stereocenters. The van der Waals surface area contributed by atoms with Gasteiger partial charge in [-0.15, -0.1) is 22.7 Å². The summed E-state index contributed by atoms with van der Waals surface area (Å²) in [4.78, 5) is 0.629. The normalized spacial score (nSPS) is 13.1. The maximum atomic E-state index is 13.8. The van der Waals surface area contributed by atoms with Gasteiger partial charge < -0.3 is 5.11 Å². The van der Waals surface area contributed by atoms with E-state index in [1.54, 1.807) is 11.3 Å². The smallest absolute Gasteiger partial charge is 0.129 e. The van der Waals surface area contributed by atoms with Gasteiger partial charge in [-0.25, -0.2) is 8.78 Å². The summed E-state index contributed by atoms with van der Waals surface area (Å²) in [6.45, 7) is 1.50. The van der Waals surface area contributed by atoms with Crippen molar-refractivity contribution in [3.63, 3.8) is 0 Å². The van der Waals surface area contributed by atoms with Crippen molar-refractivity contribution in [3.8, 4) is 0 Å². The molecule has 2 heterocycles. The summed E-state index contributed by atoms with van der Waals surface area (Å²) in [5, 5.41) is 12.2. The Balaban J connectivity index is 2.06. The molecule has 1 N–H and O–H groups in total. The van der Waals surface area contributed by atoms with Crippen LogP contribution in [0.1, 0.15) is 22.1 Å². The molecule has 1 aromatic carbocycles. The van der Waals surface area contributed by atoms with Crippen LogP contribution in [0.4, 0.5) is 8.78 Å². The van der Waals surface area contributed by atoms with E-state index in [0.717, 1.165) is 21.5 Å². The maximum absolute atomic E-state index is 13.8. The van der Waals surface area contributed by atoms with Gasteiger partial charge in [0.2, 0.25) is 0 Å². The minimum Gasteiger partial charge on any atom is -0.383 e. The molecule has 0 saturated heterocycles. The first-order valence-electron chi connectivity index (χ1n) is 5.67. The lowest BCUT2D eigenvalue weighted by Crippen LogP contribution is -2.02. The van der Waals surface area contributed by atoms with Gasteiger partial charge in [-0.2, -0.15) is 0 Å². The molecule has 2 aromatic heterocycles. The second-order valence-corrected chi connectivity index (χ2v) is 6.39. The highest BCUT2D eigenvalue weighted by Crippen LogP contribution is 2.36. The number of aryl methyl sites for hydroxylation is 1. The van der Waals surface area contributed by atoms with Crippen molar-refractivity contribution in [2.45, 2.75) is 13.0 Å². The Morgan fingerprint density at radius 1 is 1.11 bits per heavy atom. The molecule has 3 aromatic rings. The molecule has 1 nitrogen and oxygen atoms in total. The molecule has 0 spiro atoms. The summed E-state index contributed by atoms with van der Waals surface area (Å²) in [6.07, 6.45) is -1.13. The van der Waals surface area contributed by atoms with Gasteiger partial charge in [0.25, 0.3) is 0 Å². The second kappa shape index (κ2) is 4.67. The van der Waals surface area contributed by atoms with Crippen LogP contribution in [0.2, 0.25) is 0 Å². The van der Waals surface area contributed by atoms with Crippen LogP contribution in [0.5, 0.6) is 0 Å². The third kappa shape index (κ3) is 2.18. The summed E-state index contributed by atoms with van der Waals surface area (Å²) in [6, 6.07) is 5.96. The predicted molar refractivity (Wildman–Crippen MR) is 74.9 cm³/mol. The van der Waals surface area contributed by atoms with Crippen molar-refractivity contribution in [2.24, 2.45) is 0 Å². The van der Waals surface area contributed by atoms with Crippen LogP contribution >= 0.6 is 22.7 Å². The zero-order chi connectivity index (χ0) is 13.6. The second-order valence-electron chi connectivity index (χ2n) is 4.32. The number of benzene rings is 1. The molecule has 0 amide bonds. The van der Waals surface area contributed by atoms with E-state index in [-0.39, 0.29) is 11.1 Å². The highest BCUT2D eigenvalue weighted by molar-refractivity contribution is 7.26. The van der Waals surface area contributed by atoms with E-state index < -0.39 is 17.7 Å². The topological polar surface area (TPSA) is 20.2 Å². The quantitative estimate of drug-likeness (QED) is 0.731. The molecular formula is C14H10F2OS2. The van der Waals surface area contributed by atoms with Crippen molar-refractivity contribution in [1.82, 2.24) is 0 Å².